The summed E-state index contributed by atoms with van der Waals surface area (Å²) in [7, 11) is 0. The molecule has 0 bridgehead atoms. The fraction of sp³-hybridized carbons (Fsp3) is 0.0769. The van der Waals surface area contributed by atoms with E-state index in [2.05, 4.69) is 15.9 Å². The first-order valence-corrected chi connectivity index (χ1v) is 7.01. The zero-order chi connectivity index (χ0) is 13.3. The molecule has 1 unspecified atom stereocenters. The molecule has 0 nitrogen and oxygen atoms in total. The Labute approximate surface area is 128 Å². The van der Waals surface area contributed by atoms with Crippen LogP contribution in [0.5, 0.6) is 0 Å². The van der Waals surface area contributed by atoms with Crippen LogP contribution in [0.3, 0.4) is 0 Å². The maximum Gasteiger partial charge on any atom is 0.137 e. The van der Waals surface area contributed by atoms with Crippen molar-refractivity contribution < 1.29 is 4.39 Å². The third kappa shape index (κ3) is 3.00. The van der Waals surface area contributed by atoms with Crippen molar-refractivity contribution in [3.05, 3.63) is 67.9 Å². The molecule has 0 saturated carbocycles. The molecule has 0 fully saturated rings. The molecule has 2 aromatic carbocycles. The molecule has 2 rings (SSSR count). The van der Waals surface area contributed by atoms with Crippen LogP contribution in [0.1, 0.15) is 16.5 Å². The average molecular weight is 368 g/mol. The van der Waals surface area contributed by atoms with E-state index in [4.69, 9.17) is 34.8 Å². The summed E-state index contributed by atoms with van der Waals surface area (Å²) in [5.41, 5.74) is 1.43. The Morgan fingerprint density at radius 1 is 0.944 bits per heavy atom. The van der Waals surface area contributed by atoms with Gasteiger partial charge in [-0.3, -0.25) is 0 Å². The highest BCUT2D eigenvalue weighted by molar-refractivity contribution is 9.10. The van der Waals surface area contributed by atoms with Crippen LogP contribution < -0.4 is 0 Å². The first-order chi connectivity index (χ1) is 8.49. The number of halogens is 5. The number of rotatable bonds is 2. The molecule has 0 aliphatic carbocycles. The fourth-order valence-electron chi connectivity index (χ4n) is 1.53. The summed E-state index contributed by atoms with van der Waals surface area (Å²) >= 11 is 21.2. The molecule has 0 amide bonds. The third-order valence-electron chi connectivity index (χ3n) is 2.47. The van der Waals surface area contributed by atoms with E-state index in [0.717, 1.165) is 5.56 Å². The number of alkyl halides is 1. The molecule has 1 atom stereocenters. The zero-order valence-corrected chi connectivity index (χ0v) is 12.8. The molecule has 0 N–H and O–H groups in total. The summed E-state index contributed by atoms with van der Waals surface area (Å²) in [5.74, 6) is -0.349. The topological polar surface area (TPSA) is 0 Å². The maximum absolute atomic E-state index is 13.4. The van der Waals surface area contributed by atoms with Crippen LogP contribution in [0, 0.1) is 5.82 Å². The lowest BCUT2D eigenvalue weighted by Crippen LogP contribution is -1.94. The summed E-state index contributed by atoms with van der Waals surface area (Å²) in [6.07, 6.45) is 0. The highest BCUT2D eigenvalue weighted by Crippen LogP contribution is 2.34. The minimum atomic E-state index is -0.470. The van der Waals surface area contributed by atoms with Gasteiger partial charge in [0.2, 0.25) is 0 Å². The second kappa shape index (κ2) is 5.79. The Bertz CT molecular complexity index is 535. The van der Waals surface area contributed by atoms with Crippen molar-refractivity contribution in [1.82, 2.24) is 0 Å². The van der Waals surface area contributed by atoms with Gasteiger partial charge in [0.25, 0.3) is 0 Å². The highest BCUT2D eigenvalue weighted by atomic mass is 79.9. The van der Waals surface area contributed by atoms with Crippen molar-refractivity contribution >= 4 is 50.7 Å². The smallest absolute Gasteiger partial charge is 0.137 e. The third-order valence-corrected chi connectivity index (χ3v) is 4.36. The van der Waals surface area contributed by atoms with Gasteiger partial charge in [-0.2, -0.15) is 0 Å². The molecule has 18 heavy (non-hydrogen) atoms. The van der Waals surface area contributed by atoms with Crippen LogP contribution >= 0.6 is 50.7 Å². The predicted molar refractivity (Wildman–Crippen MR) is 78.3 cm³/mol. The number of benzene rings is 2. The molecule has 2 aromatic rings. The van der Waals surface area contributed by atoms with Crippen molar-refractivity contribution in [3.8, 4) is 0 Å². The molecule has 0 spiro atoms. The first kappa shape index (κ1) is 14.1. The van der Waals surface area contributed by atoms with E-state index >= 15 is 0 Å². The van der Waals surface area contributed by atoms with E-state index in [-0.39, 0.29) is 5.82 Å². The molecule has 0 heterocycles. The molecule has 0 radical (unpaired) electrons. The monoisotopic (exact) mass is 366 g/mol. The van der Waals surface area contributed by atoms with Gasteiger partial charge in [-0.15, -0.1) is 11.6 Å². The van der Waals surface area contributed by atoms with Crippen LogP contribution in [0.2, 0.25) is 10.0 Å². The van der Waals surface area contributed by atoms with Crippen LogP contribution in [-0.2, 0) is 0 Å². The van der Waals surface area contributed by atoms with Gasteiger partial charge >= 0.3 is 0 Å². The molecule has 0 aliphatic rings. The van der Waals surface area contributed by atoms with E-state index < -0.39 is 5.38 Å². The Hall–Kier alpha value is -0.280. The largest absolute Gasteiger partial charge is 0.206 e. The second-order valence-electron chi connectivity index (χ2n) is 3.71. The standard InChI is InChI=1S/C13H7BrCl3F/c14-9-3-1-8(6-12(9)18)13(17)7-2-4-10(15)11(16)5-7/h1-6,13H. The Morgan fingerprint density at radius 2 is 1.56 bits per heavy atom. The van der Waals surface area contributed by atoms with E-state index in [9.17, 15) is 4.39 Å². The minimum Gasteiger partial charge on any atom is -0.206 e. The number of hydrogen-bond donors (Lipinski definition) is 0. The Morgan fingerprint density at radius 3 is 2.17 bits per heavy atom. The van der Waals surface area contributed by atoms with Gasteiger partial charge in [0.1, 0.15) is 5.82 Å². The fourth-order valence-corrected chi connectivity index (χ4v) is 2.36. The van der Waals surface area contributed by atoms with Crippen molar-refractivity contribution in [3.63, 3.8) is 0 Å². The van der Waals surface area contributed by atoms with Gasteiger partial charge in [-0.05, 0) is 51.3 Å². The van der Waals surface area contributed by atoms with Gasteiger partial charge in [0.15, 0.2) is 0 Å². The zero-order valence-electron chi connectivity index (χ0n) is 8.93. The second-order valence-corrected chi connectivity index (χ2v) is 5.81. The van der Waals surface area contributed by atoms with Crippen molar-refractivity contribution in [2.24, 2.45) is 0 Å². The first-order valence-electron chi connectivity index (χ1n) is 5.03. The molecular formula is C13H7BrCl3F. The Kier molecular flexibility index (Phi) is 4.54. The van der Waals surface area contributed by atoms with Crippen LogP contribution in [0.25, 0.3) is 0 Å². The lowest BCUT2D eigenvalue weighted by Gasteiger charge is -2.11. The quantitative estimate of drug-likeness (QED) is 0.552. The molecular weight excluding hydrogens is 361 g/mol. The summed E-state index contributed by atoms with van der Waals surface area (Å²) in [5, 5.41) is 0.422. The lowest BCUT2D eigenvalue weighted by atomic mass is 10.0. The molecule has 94 valence electrons. The highest BCUT2D eigenvalue weighted by Gasteiger charge is 2.14. The van der Waals surface area contributed by atoms with Gasteiger partial charge in [-0.1, -0.05) is 35.3 Å². The maximum atomic E-state index is 13.4. The molecule has 5 heteroatoms. The summed E-state index contributed by atoms with van der Waals surface area (Å²) in [6, 6.07) is 9.90. The van der Waals surface area contributed by atoms with Crippen molar-refractivity contribution in [1.29, 1.82) is 0 Å². The van der Waals surface area contributed by atoms with E-state index in [1.165, 1.54) is 6.07 Å². The van der Waals surface area contributed by atoms with Crippen LogP contribution in [0.15, 0.2) is 40.9 Å². The van der Waals surface area contributed by atoms with Gasteiger partial charge in [0.05, 0.1) is 19.9 Å². The van der Waals surface area contributed by atoms with Gasteiger partial charge in [0, 0.05) is 0 Å². The van der Waals surface area contributed by atoms with E-state index in [1.807, 2.05) is 0 Å². The molecule has 0 aromatic heterocycles. The molecule has 0 saturated heterocycles. The summed E-state index contributed by atoms with van der Waals surface area (Å²) in [4.78, 5) is 0. The van der Waals surface area contributed by atoms with Crippen LogP contribution in [-0.4, -0.2) is 0 Å². The Balaban J connectivity index is 2.37. The summed E-state index contributed by atoms with van der Waals surface area (Å²) in [6.45, 7) is 0. The van der Waals surface area contributed by atoms with Gasteiger partial charge in [-0.25, -0.2) is 4.39 Å². The van der Waals surface area contributed by atoms with Crippen molar-refractivity contribution in [2.45, 2.75) is 5.38 Å². The number of hydrogen-bond acceptors (Lipinski definition) is 0. The van der Waals surface area contributed by atoms with E-state index in [0.29, 0.717) is 20.1 Å². The SMILES string of the molecule is Fc1cc(C(Cl)c2ccc(Cl)c(Cl)c2)ccc1Br. The van der Waals surface area contributed by atoms with E-state index in [1.54, 1.807) is 30.3 Å². The van der Waals surface area contributed by atoms with Gasteiger partial charge < -0.3 is 0 Å². The van der Waals surface area contributed by atoms with Crippen molar-refractivity contribution in [2.75, 3.05) is 0 Å². The predicted octanol–water partition coefficient (Wildman–Crippen LogP) is 6.22. The molecule has 0 aliphatic heterocycles. The lowest BCUT2D eigenvalue weighted by molar-refractivity contribution is 0.619. The average Bonchev–Trinajstić information content (AvgIpc) is 2.35. The summed E-state index contributed by atoms with van der Waals surface area (Å²) < 4.78 is 13.9. The van der Waals surface area contributed by atoms with Crippen LogP contribution in [0.4, 0.5) is 4.39 Å². The minimum absolute atomic E-state index is 0.349. The normalized spacial score (nSPS) is 12.5.